The number of anilines is 1. The maximum atomic E-state index is 5.83. The lowest BCUT2D eigenvalue weighted by Gasteiger charge is -2.26. The summed E-state index contributed by atoms with van der Waals surface area (Å²) in [5.41, 5.74) is 3.40. The molecule has 1 aromatic carbocycles. The molecule has 110 valence electrons. The van der Waals surface area contributed by atoms with Crippen LogP contribution in [0.2, 0.25) is 0 Å². The van der Waals surface area contributed by atoms with Crippen LogP contribution in [0.15, 0.2) is 39.7 Å². The zero-order chi connectivity index (χ0) is 14.7. The van der Waals surface area contributed by atoms with Gasteiger partial charge in [-0.1, -0.05) is 17.7 Å². The van der Waals surface area contributed by atoms with Crippen molar-refractivity contribution >= 4 is 17.8 Å². The van der Waals surface area contributed by atoms with E-state index in [9.17, 15) is 0 Å². The van der Waals surface area contributed by atoms with Crippen molar-refractivity contribution in [2.75, 3.05) is 31.2 Å². The molecule has 1 aromatic heterocycles. The second kappa shape index (κ2) is 6.14. The maximum Gasteiger partial charge on any atom is 0.196 e. The fourth-order valence-corrected chi connectivity index (χ4v) is 2.45. The monoisotopic (exact) mass is 284 g/mol. The van der Waals surface area contributed by atoms with Gasteiger partial charge >= 0.3 is 0 Å². The van der Waals surface area contributed by atoms with E-state index in [-0.39, 0.29) is 0 Å². The number of nitrogens with zero attached hydrogens (tertiary/aromatic N) is 2. The molecule has 0 N–H and O–H groups in total. The SMILES string of the molecule is Cc1ccc(N=Cc2ccc(N3CCOCC3)o2)c(C)c1. The van der Waals surface area contributed by atoms with E-state index in [1.54, 1.807) is 6.21 Å². The molecule has 0 aliphatic carbocycles. The molecule has 1 aliphatic heterocycles. The number of aliphatic imine (C=N–C) groups is 1. The van der Waals surface area contributed by atoms with Crippen molar-refractivity contribution in [2.24, 2.45) is 4.99 Å². The first-order valence-corrected chi connectivity index (χ1v) is 7.26. The number of hydrogen-bond acceptors (Lipinski definition) is 4. The Morgan fingerprint density at radius 1 is 1.10 bits per heavy atom. The lowest BCUT2D eigenvalue weighted by molar-refractivity contribution is 0.120. The minimum atomic E-state index is 0.757. The van der Waals surface area contributed by atoms with E-state index in [1.165, 1.54) is 11.1 Å². The molecule has 1 saturated heterocycles. The summed E-state index contributed by atoms with van der Waals surface area (Å²) in [5, 5.41) is 0. The molecule has 0 radical (unpaired) electrons. The molecule has 0 atom stereocenters. The lowest BCUT2D eigenvalue weighted by atomic mass is 10.1. The van der Waals surface area contributed by atoms with Crippen molar-refractivity contribution in [3.8, 4) is 0 Å². The molecule has 0 bridgehead atoms. The number of hydrogen-bond donors (Lipinski definition) is 0. The quantitative estimate of drug-likeness (QED) is 0.810. The molecule has 0 saturated carbocycles. The molecule has 2 heterocycles. The predicted octanol–water partition coefficient (Wildman–Crippen LogP) is 3.48. The van der Waals surface area contributed by atoms with Crippen LogP contribution >= 0.6 is 0 Å². The van der Waals surface area contributed by atoms with Crippen LogP contribution in [-0.2, 0) is 4.74 Å². The highest BCUT2D eigenvalue weighted by Crippen LogP contribution is 2.21. The largest absolute Gasteiger partial charge is 0.440 e. The minimum Gasteiger partial charge on any atom is -0.440 e. The Balaban J connectivity index is 1.72. The van der Waals surface area contributed by atoms with Crippen LogP contribution in [0.1, 0.15) is 16.9 Å². The van der Waals surface area contributed by atoms with Gasteiger partial charge in [0.15, 0.2) is 5.88 Å². The normalized spacial score (nSPS) is 15.8. The summed E-state index contributed by atoms with van der Waals surface area (Å²) in [5.74, 6) is 1.66. The summed E-state index contributed by atoms with van der Waals surface area (Å²) in [4.78, 5) is 6.71. The molecule has 0 amide bonds. The van der Waals surface area contributed by atoms with Crippen molar-refractivity contribution in [3.63, 3.8) is 0 Å². The first-order chi connectivity index (χ1) is 10.2. The highest BCUT2D eigenvalue weighted by molar-refractivity contribution is 5.79. The summed E-state index contributed by atoms with van der Waals surface area (Å²) in [7, 11) is 0. The number of ether oxygens (including phenoxy) is 1. The third kappa shape index (κ3) is 3.34. The van der Waals surface area contributed by atoms with E-state index in [1.807, 2.05) is 18.2 Å². The first-order valence-electron chi connectivity index (χ1n) is 7.26. The Kier molecular flexibility index (Phi) is 4.06. The van der Waals surface area contributed by atoms with E-state index in [0.29, 0.717) is 0 Å². The van der Waals surface area contributed by atoms with Gasteiger partial charge in [0.1, 0.15) is 5.76 Å². The summed E-state index contributed by atoms with van der Waals surface area (Å²) in [6, 6.07) is 10.2. The van der Waals surface area contributed by atoms with E-state index in [4.69, 9.17) is 9.15 Å². The average molecular weight is 284 g/mol. The van der Waals surface area contributed by atoms with Gasteiger partial charge < -0.3 is 14.1 Å². The molecular weight excluding hydrogens is 264 g/mol. The molecule has 0 spiro atoms. The van der Waals surface area contributed by atoms with E-state index >= 15 is 0 Å². The van der Waals surface area contributed by atoms with E-state index in [0.717, 1.165) is 43.6 Å². The van der Waals surface area contributed by atoms with Gasteiger partial charge in [-0.2, -0.15) is 0 Å². The van der Waals surface area contributed by atoms with Gasteiger partial charge in [0.25, 0.3) is 0 Å². The van der Waals surface area contributed by atoms with Gasteiger partial charge in [0.05, 0.1) is 25.1 Å². The standard InChI is InChI=1S/C17H20N2O2/c1-13-3-5-16(14(2)11-13)18-12-15-4-6-17(21-15)19-7-9-20-10-8-19/h3-6,11-12H,7-10H2,1-2H3. The Hall–Kier alpha value is -2.07. The zero-order valence-electron chi connectivity index (χ0n) is 12.5. The number of morpholine rings is 1. The summed E-state index contributed by atoms with van der Waals surface area (Å²) in [6.07, 6.45) is 1.78. The fraction of sp³-hybridized carbons (Fsp3) is 0.353. The van der Waals surface area contributed by atoms with Crippen LogP contribution in [0, 0.1) is 13.8 Å². The Labute approximate surface area is 125 Å². The van der Waals surface area contributed by atoms with Gasteiger partial charge in [0, 0.05) is 19.2 Å². The molecule has 1 fully saturated rings. The molecule has 0 unspecified atom stereocenters. The van der Waals surface area contributed by atoms with E-state index in [2.05, 4.69) is 35.9 Å². The van der Waals surface area contributed by atoms with Crippen LogP contribution < -0.4 is 4.90 Å². The van der Waals surface area contributed by atoms with Gasteiger partial charge in [-0.3, -0.25) is 4.99 Å². The van der Waals surface area contributed by atoms with Crippen LogP contribution in [0.25, 0.3) is 0 Å². The van der Waals surface area contributed by atoms with E-state index < -0.39 is 0 Å². The first kappa shape index (κ1) is 13.9. The molecule has 1 aliphatic rings. The van der Waals surface area contributed by atoms with Crippen molar-refractivity contribution < 1.29 is 9.15 Å². The number of furan rings is 1. The Bertz CT molecular complexity index is 640. The Morgan fingerprint density at radius 2 is 1.90 bits per heavy atom. The summed E-state index contributed by atoms with van der Waals surface area (Å²) >= 11 is 0. The fourth-order valence-electron chi connectivity index (χ4n) is 2.45. The number of rotatable bonds is 3. The molecular formula is C17H20N2O2. The molecule has 4 nitrogen and oxygen atoms in total. The van der Waals surface area contributed by atoms with Gasteiger partial charge in [-0.15, -0.1) is 0 Å². The molecule has 4 heteroatoms. The van der Waals surface area contributed by atoms with Crippen LogP contribution in [0.4, 0.5) is 11.6 Å². The van der Waals surface area contributed by atoms with Crippen molar-refractivity contribution in [3.05, 3.63) is 47.2 Å². The van der Waals surface area contributed by atoms with Crippen LogP contribution in [-0.4, -0.2) is 32.5 Å². The maximum absolute atomic E-state index is 5.83. The van der Waals surface area contributed by atoms with Gasteiger partial charge in [-0.25, -0.2) is 0 Å². The Morgan fingerprint density at radius 3 is 2.67 bits per heavy atom. The van der Waals surface area contributed by atoms with Crippen molar-refractivity contribution in [2.45, 2.75) is 13.8 Å². The second-order valence-corrected chi connectivity index (χ2v) is 5.32. The minimum absolute atomic E-state index is 0.757. The molecule has 2 aromatic rings. The van der Waals surface area contributed by atoms with Crippen LogP contribution in [0.3, 0.4) is 0 Å². The topological polar surface area (TPSA) is 38.0 Å². The predicted molar refractivity (Wildman–Crippen MR) is 84.9 cm³/mol. The smallest absolute Gasteiger partial charge is 0.196 e. The number of benzene rings is 1. The zero-order valence-corrected chi connectivity index (χ0v) is 12.5. The van der Waals surface area contributed by atoms with Crippen LogP contribution in [0.5, 0.6) is 0 Å². The summed E-state index contributed by atoms with van der Waals surface area (Å²) < 4.78 is 11.2. The average Bonchev–Trinajstić information content (AvgIpc) is 2.96. The number of aryl methyl sites for hydroxylation is 2. The second-order valence-electron chi connectivity index (χ2n) is 5.32. The third-order valence-corrected chi connectivity index (χ3v) is 3.62. The van der Waals surface area contributed by atoms with Gasteiger partial charge in [0.2, 0.25) is 0 Å². The highest BCUT2D eigenvalue weighted by Gasteiger charge is 2.14. The lowest BCUT2D eigenvalue weighted by Crippen LogP contribution is -2.35. The van der Waals surface area contributed by atoms with Gasteiger partial charge in [-0.05, 0) is 31.5 Å². The van der Waals surface area contributed by atoms with Crippen molar-refractivity contribution in [1.82, 2.24) is 0 Å². The third-order valence-electron chi connectivity index (χ3n) is 3.62. The highest BCUT2D eigenvalue weighted by atomic mass is 16.5. The molecule has 3 rings (SSSR count). The summed E-state index contributed by atoms with van der Waals surface area (Å²) in [6.45, 7) is 7.42. The van der Waals surface area contributed by atoms with Crippen molar-refractivity contribution in [1.29, 1.82) is 0 Å². The molecule has 21 heavy (non-hydrogen) atoms.